The number of fused-ring (bicyclic) bond motifs is 1. The molecule has 1 aromatic heterocycles. The zero-order valence-electron chi connectivity index (χ0n) is 17.3. The first-order valence-electron chi connectivity index (χ1n) is 9.77. The van der Waals surface area contributed by atoms with Gasteiger partial charge in [-0.25, -0.2) is 13.4 Å². The average Bonchev–Trinajstić information content (AvgIpc) is 3.10. The minimum atomic E-state index is -3.66. The molecule has 3 aromatic rings. The molecule has 1 saturated heterocycles. The molecule has 0 radical (unpaired) electrons. The number of benzene rings is 2. The van der Waals surface area contributed by atoms with E-state index in [0.29, 0.717) is 28.8 Å². The maximum Gasteiger partial charge on any atom is 0.257 e. The quantitative estimate of drug-likeness (QED) is 0.602. The zero-order valence-corrected chi connectivity index (χ0v) is 19.6. The van der Waals surface area contributed by atoms with Gasteiger partial charge in [-0.15, -0.1) is 0 Å². The number of anilines is 1. The van der Waals surface area contributed by atoms with E-state index in [1.54, 1.807) is 0 Å². The molecule has 0 aliphatic carbocycles. The molecule has 1 N–H and O–H groups in total. The summed E-state index contributed by atoms with van der Waals surface area (Å²) >= 11 is 7.42. The van der Waals surface area contributed by atoms with Crippen molar-refractivity contribution in [1.82, 2.24) is 9.29 Å². The number of halogens is 1. The smallest absolute Gasteiger partial charge is 0.257 e. The highest BCUT2D eigenvalue weighted by Crippen LogP contribution is 2.31. The van der Waals surface area contributed by atoms with Gasteiger partial charge in [0.2, 0.25) is 10.0 Å². The van der Waals surface area contributed by atoms with Crippen LogP contribution >= 0.6 is 22.9 Å². The van der Waals surface area contributed by atoms with Gasteiger partial charge in [-0.2, -0.15) is 4.31 Å². The van der Waals surface area contributed by atoms with Crippen LogP contribution in [0.15, 0.2) is 41.3 Å². The van der Waals surface area contributed by atoms with E-state index < -0.39 is 10.0 Å². The van der Waals surface area contributed by atoms with Crippen LogP contribution in [0, 0.1) is 6.92 Å². The number of morpholine rings is 1. The van der Waals surface area contributed by atoms with Crippen molar-refractivity contribution in [3.8, 4) is 0 Å². The van der Waals surface area contributed by atoms with Crippen LogP contribution in [-0.4, -0.2) is 48.9 Å². The standard InChI is InChI=1S/C21H22ClN3O4S2/c1-12-8-16(22)9-18-19(12)23-21(30-18)24-20(26)15-4-6-17(7-5-15)31(27,28)25-10-13(2)29-14(3)11-25/h4-9,13-14H,10-11H2,1-3H3,(H,23,24,26)/t13-,14-/m0/s1. The molecule has 10 heteroatoms. The third-order valence-corrected chi connectivity index (χ3v) is 7.99. The van der Waals surface area contributed by atoms with Crippen LogP contribution in [-0.2, 0) is 14.8 Å². The molecular weight excluding hydrogens is 458 g/mol. The van der Waals surface area contributed by atoms with Crippen molar-refractivity contribution in [2.45, 2.75) is 37.9 Å². The number of rotatable bonds is 4. The van der Waals surface area contributed by atoms with Crippen molar-refractivity contribution in [3.63, 3.8) is 0 Å². The maximum atomic E-state index is 13.0. The topological polar surface area (TPSA) is 88.6 Å². The maximum absolute atomic E-state index is 13.0. The highest BCUT2D eigenvalue weighted by Gasteiger charge is 2.32. The lowest BCUT2D eigenvalue weighted by Gasteiger charge is -2.34. The normalized spacial score (nSPS) is 20.1. The number of carbonyl (C=O) groups is 1. The van der Waals surface area contributed by atoms with Gasteiger partial charge >= 0.3 is 0 Å². The molecular formula is C21H22ClN3O4S2. The van der Waals surface area contributed by atoms with E-state index in [2.05, 4.69) is 10.3 Å². The molecule has 2 aromatic carbocycles. The second-order valence-corrected chi connectivity index (χ2v) is 11.1. The van der Waals surface area contributed by atoms with Crippen LogP contribution in [0.5, 0.6) is 0 Å². The first-order valence-corrected chi connectivity index (χ1v) is 12.4. The number of aryl methyl sites for hydroxylation is 1. The number of nitrogens with one attached hydrogen (secondary N) is 1. The molecule has 31 heavy (non-hydrogen) atoms. The fraction of sp³-hybridized carbons (Fsp3) is 0.333. The summed E-state index contributed by atoms with van der Waals surface area (Å²) in [6.07, 6.45) is -0.341. The van der Waals surface area contributed by atoms with Gasteiger partial charge < -0.3 is 4.74 Å². The molecule has 4 rings (SSSR count). The van der Waals surface area contributed by atoms with Gasteiger partial charge in [-0.1, -0.05) is 22.9 Å². The Hall–Kier alpha value is -2.04. The number of nitrogens with zero attached hydrogens (tertiary/aromatic N) is 2. The summed E-state index contributed by atoms with van der Waals surface area (Å²) in [7, 11) is -3.66. The summed E-state index contributed by atoms with van der Waals surface area (Å²) in [5.74, 6) is -0.361. The number of hydrogen-bond acceptors (Lipinski definition) is 6. The van der Waals surface area contributed by atoms with Crippen LogP contribution in [0.25, 0.3) is 10.2 Å². The first kappa shape index (κ1) is 22.2. The van der Waals surface area contributed by atoms with E-state index in [1.807, 2.05) is 32.9 Å². The Morgan fingerprint density at radius 2 is 1.84 bits per heavy atom. The van der Waals surface area contributed by atoms with E-state index in [0.717, 1.165) is 15.8 Å². The molecule has 0 bridgehead atoms. The number of thiazole rings is 1. The van der Waals surface area contributed by atoms with Crippen LogP contribution < -0.4 is 5.32 Å². The molecule has 1 aliphatic rings. The van der Waals surface area contributed by atoms with Crippen molar-refractivity contribution in [1.29, 1.82) is 0 Å². The molecule has 7 nitrogen and oxygen atoms in total. The van der Waals surface area contributed by atoms with Crippen molar-refractivity contribution < 1.29 is 17.9 Å². The number of aromatic nitrogens is 1. The van der Waals surface area contributed by atoms with Crippen molar-refractivity contribution in [2.24, 2.45) is 0 Å². The summed E-state index contributed by atoms with van der Waals surface area (Å²) in [6, 6.07) is 9.55. The van der Waals surface area contributed by atoms with Crippen molar-refractivity contribution in [3.05, 3.63) is 52.5 Å². The summed E-state index contributed by atoms with van der Waals surface area (Å²) in [6.45, 7) is 6.22. The van der Waals surface area contributed by atoms with E-state index >= 15 is 0 Å². The fourth-order valence-electron chi connectivity index (χ4n) is 3.63. The minimum absolute atomic E-state index is 0.149. The number of sulfonamides is 1. The third kappa shape index (κ3) is 4.61. The second kappa shape index (κ2) is 8.48. The van der Waals surface area contributed by atoms with Gasteiger partial charge in [0.1, 0.15) is 0 Å². The van der Waals surface area contributed by atoms with Crippen LogP contribution in [0.3, 0.4) is 0 Å². The predicted molar refractivity (Wildman–Crippen MR) is 123 cm³/mol. The molecule has 164 valence electrons. The monoisotopic (exact) mass is 479 g/mol. The van der Waals surface area contributed by atoms with Gasteiger partial charge in [0.05, 0.1) is 27.3 Å². The molecule has 0 spiro atoms. The first-order chi connectivity index (χ1) is 14.6. The fourth-order valence-corrected chi connectivity index (χ4v) is 6.54. The van der Waals surface area contributed by atoms with Crippen LogP contribution in [0.4, 0.5) is 5.13 Å². The Morgan fingerprint density at radius 1 is 1.19 bits per heavy atom. The van der Waals surface area contributed by atoms with E-state index in [4.69, 9.17) is 16.3 Å². The van der Waals surface area contributed by atoms with Gasteiger partial charge in [0, 0.05) is 23.7 Å². The van der Waals surface area contributed by atoms with Gasteiger partial charge in [0.25, 0.3) is 5.91 Å². The molecule has 2 heterocycles. The molecule has 1 amide bonds. The number of hydrogen-bond donors (Lipinski definition) is 1. The predicted octanol–water partition coefficient (Wildman–Crippen LogP) is 4.31. The zero-order chi connectivity index (χ0) is 22.3. The van der Waals surface area contributed by atoms with E-state index in [-0.39, 0.29) is 23.0 Å². The molecule has 1 fully saturated rings. The van der Waals surface area contributed by atoms with Crippen LogP contribution in [0.2, 0.25) is 5.02 Å². The Bertz CT molecular complexity index is 1230. The lowest BCUT2D eigenvalue weighted by molar-refractivity contribution is -0.0440. The summed E-state index contributed by atoms with van der Waals surface area (Å²) in [4.78, 5) is 17.3. The summed E-state index contributed by atoms with van der Waals surface area (Å²) < 4.78 is 33.8. The number of carbonyl (C=O) groups excluding carboxylic acids is 1. The lowest BCUT2D eigenvalue weighted by atomic mass is 10.2. The SMILES string of the molecule is Cc1cc(Cl)cc2sc(NC(=O)c3ccc(S(=O)(=O)N4C[C@H](C)O[C@@H](C)C4)cc3)nc12. The highest BCUT2D eigenvalue weighted by atomic mass is 35.5. The Labute approximate surface area is 190 Å². The largest absolute Gasteiger partial charge is 0.373 e. The van der Waals surface area contributed by atoms with Gasteiger partial charge in [-0.05, 0) is 62.7 Å². The summed E-state index contributed by atoms with van der Waals surface area (Å²) in [5.41, 5.74) is 2.07. The number of amides is 1. The Balaban J connectivity index is 1.51. The number of ether oxygens (including phenoxy) is 1. The van der Waals surface area contributed by atoms with Crippen molar-refractivity contribution in [2.75, 3.05) is 18.4 Å². The molecule has 2 atom stereocenters. The minimum Gasteiger partial charge on any atom is -0.373 e. The molecule has 0 saturated carbocycles. The summed E-state index contributed by atoms with van der Waals surface area (Å²) in [5, 5.41) is 3.85. The van der Waals surface area contributed by atoms with Gasteiger partial charge in [0.15, 0.2) is 5.13 Å². The second-order valence-electron chi connectivity index (χ2n) is 7.65. The Kier molecular flexibility index (Phi) is 6.06. The lowest BCUT2D eigenvalue weighted by Crippen LogP contribution is -2.48. The molecule has 0 unspecified atom stereocenters. The Morgan fingerprint density at radius 3 is 2.48 bits per heavy atom. The molecule has 1 aliphatic heterocycles. The van der Waals surface area contributed by atoms with Crippen LogP contribution in [0.1, 0.15) is 29.8 Å². The highest BCUT2D eigenvalue weighted by molar-refractivity contribution is 7.89. The third-order valence-electron chi connectivity index (χ3n) is 5.01. The average molecular weight is 480 g/mol. The van der Waals surface area contributed by atoms with Crippen molar-refractivity contribution >= 4 is 54.2 Å². The van der Waals surface area contributed by atoms with E-state index in [9.17, 15) is 13.2 Å². The van der Waals surface area contributed by atoms with Gasteiger partial charge in [-0.3, -0.25) is 10.1 Å². The van der Waals surface area contributed by atoms with E-state index in [1.165, 1.54) is 39.9 Å².